The summed E-state index contributed by atoms with van der Waals surface area (Å²) in [4.78, 5) is 13.1. The highest BCUT2D eigenvalue weighted by atomic mass is 32.2. The van der Waals surface area contributed by atoms with E-state index in [-0.39, 0.29) is 22.7 Å². The summed E-state index contributed by atoms with van der Waals surface area (Å²) in [6, 6.07) is 3.94. The van der Waals surface area contributed by atoms with Crippen molar-refractivity contribution in [1.29, 1.82) is 0 Å². The van der Waals surface area contributed by atoms with Crippen LogP contribution in [-0.4, -0.2) is 53.6 Å². The van der Waals surface area contributed by atoms with Gasteiger partial charge in [-0.15, -0.1) is 0 Å². The maximum absolute atomic E-state index is 12.1. The minimum atomic E-state index is -3.69. The average Bonchev–Trinajstić information content (AvgIpc) is 2.36. The predicted molar refractivity (Wildman–Crippen MR) is 75.9 cm³/mol. The zero-order chi connectivity index (χ0) is 15.3. The van der Waals surface area contributed by atoms with E-state index in [1.54, 1.807) is 0 Å². The smallest absolute Gasteiger partial charge is 0.337 e. The van der Waals surface area contributed by atoms with E-state index in [1.807, 2.05) is 19.0 Å². The summed E-state index contributed by atoms with van der Waals surface area (Å²) in [5.41, 5.74) is 5.90. The van der Waals surface area contributed by atoms with Crippen molar-refractivity contribution >= 4 is 21.7 Å². The molecule has 3 N–H and O–H groups in total. The highest BCUT2D eigenvalue weighted by Gasteiger charge is 2.18. The van der Waals surface area contributed by atoms with Crippen LogP contribution in [-0.2, 0) is 14.8 Å². The number of benzene rings is 1. The number of carbonyl (C=O) groups excluding carboxylic acids is 1. The van der Waals surface area contributed by atoms with Gasteiger partial charge in [0.1, 0.15) is 4.90 Å². The van der Waals surface area contributed by atoms with Gasteiger partial charge in [-0.25, -0.2) is 17.9 Å². The van der Waals surface area contributed by atoms with Gasteiger partial charge >= 0.3 is 5.97 Å². The zero-order valence-corrected chi connectivity index (χ0v) is 12.5. The Balaban J connectivity index is 2.93. The van der Waals surface area contributed by atoms with Crippen LogP contribution in [0.1, 0.15) is 10.4 Å². The van der Waals surface area contributed by atoms with Gasteiger partial charge in [0.15, 0.2) is 0 Å². The van der Waals surface area contributed by atoms with Crippen molar-refractivity contribution in [3.8, 4) is 0 Å². The van der Waals surface area contributed by atoms with Crippen molar-refractivity contribution in [3.63, 3.8) is 0 Å². The Morgan fingerprint density at radius 3 is 2.55 bits per heavy atom. The van der Waals surface area contributed by atoms with Crippen molar-refractivity contribution in [2.24, 2.45) is 0 Å². The van der Waals surface area contributed by atoms with Gasteiger partial charge in [-0.3, -0.25) is 0 Å². The normalized spacial score (nSPS) is 11.6. The molecule has 0 bridgehead atoms. The van der Waals surface area contributed by atoms with Crippen molar-refractivity contribution in [3.05, 3.63) is 23.8 Å². The molecule has 0 unspecified atom stereocenters. The fourth-order valence-corrected chi connectivity index (χ4v) is 2.65. The summed E-state index contributed by atoms with van der Waals surface area (Å²) in [6.45, 7) is 0.840. The summed E-state index contributed by atoms with van der Waals surface area (Å²) in [5, 5.41) is 0. The highest BCUT2D eigenvalue weighted by molar-refractivity contribution is 7.89. The monoisotopic (exact) mass is 301 g/mol. The molecule has 1 aromatic carbocycles. The van der Waals surface area contributed by atoms with E-state index < -0.39 is 16.0 Å². The van der Waals surface area contributed by atoms with Crippen LogP contribution in [0.5, 0.6) is 0 Å². The van der Waals surface area contributed by atoms with Crippen LogP contribution in [0.25, 0.3) is 0 Å². The second kappa shape index (κ2) is 6.69. The number of nitrogen functional groups attached to an aromatic ring is 1. The summed E-state index contributed by atoms with van der Waals surface area (Å²) < 4.78 is 31.1. The molecule has 0 spiro atoms. The lowest BCUT2D eigenvalue weighted by Crippen LogP contribution is -2.31. The molecule has 0 aliphatic carbocycles. The van der Waals surface area contributed by atoms with Crippen LogP contribution < -0.4 is 10.5 Å². The Morgan fingerprint density at radius 2 is 2.05 bits per heavy atom. The molecule has 20 heavy (non-hydrogen) atoms. The number of methoxy groups -OCH3 is 1. The van der Waals surface area contributed by atoms with Gasteiger partial charge < -0.3 is 15.4 Å². The average molecular weight is 301 g/mol. The van der Waals surface area contributed by atoms with E-state index >= 15 is 0 Å². The fraction of sp³-hybridized carbons (Fsp3) is 0.417. The van der Waals surface area contributed by atoms with Gasteiger partial charge in [0.05, 0.1) is 18.4 Å². The first-order chi connectivity index (χ1) is 9.27. The molecule has 8 heteroatoms. The Morgan fingerprint density at radius 1 is 1.40 bits per heavy atom. The van der Waals surface area contributed by atoms with Crippen molar-refractivity contribution in [1.82, 2.24) is 9.62 Å². The number of ether oxygens (including phenoxy) is 1. The lowest BCUT2D eigenvalue weighted by Gasteiger charge is -2.12. The van der Waals surface area contributed by atoms with E-state index in [4.69, 9.17) is 5.73 Å². The van der Waals surface area contributed by atoms with Crippen LogP contribution >= 0.6 is 0 Å². The van der Waals surface area contributed by atoms with Crippen LogP contribution in [0, 0.1) is 0 Å². The highest BCUT2D eigenvalue weighted by Crippen LogP contribution is 2.20. The van der Waals surface area contributed by atoms with Gasteiger partial charge in [-0.2, -0.15) is 0 Å². The number of hydrogen-bond acceptors (Lipinski definition) is 6. The number of nitrogens with one attached hydrogen (secondary N) is 1. The van der Waals surface area contributed by atoms with E-state index in [0.717, 1.165) is 0 Å². The molecule has 0 heterocycles. The lowest BCUT2D eigenvalue weighted by atomic mass is 10.2. The van der Waals surface area contributed by atoms with E-state index in [2.05, 4.69) is 9.46 Å². The summed E-state index contributed by atoms with van der Waals surface area (Å²) in [5.74, 6) is -0.568. The van der Waals surface area contributed by atoms with Crippen LogP contribution in [0.2, 0.25) is 0 Å². The summed E-state index contributed by atoms with van der Waals surface area (Å²) in [6.07, 6.45) is 0. The Bertz CT molecular complexity index is 584. The quantitative estimate of drug-likeness (QED) is 0.562. The zero-order valence-electron chi connectivity index (χ0n) is 11.7. The molecule has 0 saturated carbocycles. The number of likely N-dealkylation sites (N-methyl/N-ethyl adjacent to an activating group) is 1. The van der Waals surface area contributed by atoms with Crippen LogP contribution in [0.4, 0.5) is 5.69 Å². The first-order valence-corrected chi connectivity index (χ1v) is 7.38. The van der Waals surface area contributed by atoms with Crippen molar-refractivity contribution in [2.75, 3.05) is 40.0 Å². The van der Waals surface area contributed by atoms with Crippen LogP contribution in [0.3, 0.4) is 0 Å². The Labute approximate surface area is 118 Å². The summed E-state index contributed by atoms with van der Waals surface area (Å²) in [7, 11) is 1.23. The van der Waals surface area contributed by atoms with Gasteiger partial charge in [-0.1, -0.05) is 0 Å². The molecular weight excluding hydrogens is 282 g/mol. The molecule has 112 valence electrons. The number of esters is 1. The number of nitrogens with zero attached hydrogens (tertiary/aromatic N) is 1. The van der Waals surface area contributed by atoms with E-state index in [1.165, 1.54) is 25.3 Å². The summed E-state index contributed by atoms with van der Waals surface area (Å²) >= 11 is 0. The number of hydrogen-bond donors (Lipinski definition) is 2. The largest absolute Gasteiger partial charge is 0.465 e. The minimum absolute atomic E-state index is 0.00486. The second-order valence-corrected chi connectivity index (χ2v) is 6.18. The fourth-order valence-electron chi connectivity index (χ4n) is 1.52. The van der Waals surface area contributed by atoms with E-state index in [0.29, 0.717) is 6.54 Å². The SMILES string of the molecule is COC(=O)c1ccc(S(=O)(=O)NCCN(C)C)c(N)c1. The minimum Gasteiger partial charge on any atom is -0.465 e. The topological polar surface area (TPSA) is 102 Å². The van der Waals surface area contributed by atoms with Gasteiger partial charge in [0, 0.05) is 13.1 Å². The molecule has 1 aromatic rings. The number of anilines is 1. The molecular formula is C12H19N3O4S. The molecule has 0 aliphatic heterocycles. The third-order valence-electron chi connectivity index (χ3n) is 2.57. The molecule has 0 amide bonds. The van der Waals surface area contributed by atoms with Crippen molar-refractivity contribution < 1.29 is 17.9 Å². The standard InChI is InChI=1S/C12H19N3O4S/c1-15(2)7-6-14-20(17,18)11-5-4-9(8-10(11)13)12(16)19-3/h4-5,8,14H,6-7,13H2,1-3H3. The molecule has 0 radical (unpaired) electrons. The number of rotatable bonds is 6. The second-order valence-electron chi connectivity index (χ2n) is 4.45. The molecule has 7 nitrogen and oxygen atoms in total. The molecule has 1 rings (SSSR count). The molecule has 0 fully saturated rings. The molecule has 0 atom stereocenters. The molecule has 0 aliphatic rings. The third-order valence-corrected chi connectivity index (χ3v) is 4.11. The predicted octanol–water partition coefficient (Wildman–Crippen LogP) is -0.105. The number of sulfonamides is 1. The Hall–Kier alpha value is -1.64. The van der Waals surface area contributed by atoms with Crippen LogP contribution in [0.15, 0.2) is 23.1 Å². The van der Waals surface area contributed by atoms with Gasteiger partial charge in [0.2, 0.25) is 10.0 Å². The molecule has 0 aromatic heterocycles. The maximum Gasteiger partial charge on any atom is 0.337 e. The van der Waals surface area contributed by atoms with Gasteiger partial charge in [-0.05, 0) is 32.3 Å². The van der Waals surface area contributed by atoms with E-state index in [9.17, 15) is 13.2 Å². The van der Waals surface area contributed by atoms with Gasteiger partial charge in [0.25, 0.3) is 0 Å². The maximum atomic E-state index is 12.1. The molecule has 0 saturated heterocycles. The first-order valence-electron chi connectivity index (χ1n) is 5.90. The lowest BCUT2D eigenvalue weighted by molar-refractivity contribution is 0.0600. The van der Waals surface area contributed by atoms with Crippen molar-refractivity contribution in [2.45, 2.75) is 4.90 Å². The number of carbonyl (C=O) groups is 1. The Kier molecular flexibility index (Phi) is 5.49. The third kappa shape index (κ3) is 4.19. The first kappa shape index (κ1) is 16.4. The number of nitrogens with two attached hydrogens (primary N) is 1.